The Balaban J connectivity index is 2.76. The number of nitrogens with two attached hydrogens (primary N) is 1. The summed E-state index contributed by atoms with van der Waals surface area (Å²) in [6, 6.07) is 0.560. The molecular formula is C13H30N4. The summed E-state index contributed by atoms with van der Waals surface area (Å²) in [5, 5.41) is 0. The first-order valence-electron chi connectivity index (χ1n) is 6.75. The second kappa shape index (κ2) is 6.14. The summed E-state index contributed by atoms with van der Waals surface area (Å²) >= 11 is 0. The fraction of sp³-hybridized carbons (Fsp3) is 1.00. The third-order valence-electron chi connectivity index (χ3n) is 4.01. The minimum Gasteiger partial charge on any atom is -0.329 e. The standard InChI is InChI=1S/C13H30N4/c1-6-17(12(2)9-15(3)4)13(10-14)7-8-16(5)11-13/h12H,6-11,14H2,1-5H3. The number of hydrogen-bond donors (Lipinski definition) is 1. The van der Waals surface area contributed by atoms with Gasteiger partial charge in [-0.05, 0) is 47.6 Å². The zero-order valence-electron chi connectivity index (χ0n) is 12.2. The van der Waals surface area contributed by atoms with Crippen molar-refractivity contribution in [1.82, 2.24) is 14.7 Å². The zero-order chi connectivity index (χ0) is 13.1. The van der Waals surface area contributed by atoms with E-state index in [2.05, 4.69) is 49.7 Å². The second-order valence-electron chi connectivity index (χ2n) is 5.81. The molecule has 1 aliphatic heterocycles. The monoisotopic (exact) mass is 242 g/mol. The van der Waals surface area contributed by atoms with Crippen LogP contribution < -0.4 is 5.73 Å². The van der Waals surface area contributed by atoms with Crippen molar-refractivity contribution in [1.29, 1.82) is 0 Å². The molecule has 0 aromatic carbocycles. The van der Waals surface area contributed by atoms with Crippen molar-refractivity contribution >= 4 is 0 Å². The van der Waals surface area contributed by atoms with Crippen LogP contribution in [0.2, 0.25) is 0 Å². The van der Waals surface area contributed by atoms with E-state index in [1.807, 2.05) is 0 Å². The van der Waals surface area contributed by atoms with Crippen LogP contribution in [0.5, 0.6) is 0 Å². The number of nitrogens with zero attached hydrogens (tertiary/aromatic N) is 3. The van der Waals surface area contributed by atoms with Crippen LogP contribution in [0, 0.1) is 0 Å². The highest BCUT2D eigenvalue weighted by molar-refractivity contribution is 5.00. The van der Waals surface area contributed by atoms with Gasteiger partial charge in [0.1, 0.15) is 0 Å². The Labute approximate surface area is 107 Å². The number of likely N-dealkylation sites (tertiary alicyclic amines) is 1. The summed E-state index contributed by atoms with van der Waals surface area (Å²) in [4.78, 5) is 7.27. The maximum atomic E-state index is 6.09. The van der Waals surface area contributed by atoms with Gasteiger partial charge in [0.15, 0.2) is 0 Å². The fourth-order valence-corrected chi connectivity index (χ4v) is 3.32. The molecule has 0 aromatic rings. The Hall–Kier alpha value is -0.160. The summed E-state index contributed by atoms with van der Waals surface area (Å²) in [7, 11) is 6.47. The topological polar surface area (TPSA) is 35.7 Å². The van der Waals surface area contributed by atoms with Crippen LogP contribution in [0.4, 0.5) is 0 Å². The van der Waals surface area contributed by atoms with E-state index in [4.69, 9.17) is 5.73 Å². The minimum atomic E-state index is 0.193. The molecule has 102 valence electrons. The van der Waals surface area contributed by atoms with Gasteiger partial charge in [0.25, 0.3) is 0 Å². The minimum absolute atomic E-state index is 0.193. The van der Waals surface area contributed by atoms with Crippen LogP contribution in [-0.2, 0) is 0 Å². The first-order valence-corrected chi connectivity index (χ1v) is 6.75. The van der Waals surface area contributed by atoms with Gasteiger partial charge in [-0.15, -0.1) is 0 Å². The number of likely N-dealkylation sites (N-methyl/N-ethyl adjacent to an activating group) is 3. The van der Waals surface area contributed by atoms with Gasteiger partial charge in [-0.2, -0.15) is 0 Å². The lowest BCUT2D eigenvalue weighted by Crippen LogP contribution is -2.60. The van der Waals surface area contributed by atoms with Gasteiger partial charge in [-0.1, -0.05) is 6.92 Å². The van der Waals surface area contributed by atoms with Crippen LogP contribution in [0.15, 0.2) is 0 Å². The molecule has 0 saturated carbocycles. The molecular weight excluding hydrogens is 212 g/mol. The molecule has 1 fully saturated rings. The maximum absolute atomic E-state index is 6.09. The van der Waals surface area contributed by atoms with Gasteiger partial charge in [0.2, 0.25) is 0 Å². The molecule has 1 heterocycles. The molecule has 2 N–H and O–H groups in total. The molecule has 1 rings (SSSR count). The molecule has 4 nitrogen and oxygen atoms in total. The van der Waals surface area contributed by atoms with E-state index in [1.165, 1.54) is 13.0 Å². The third kappa shape index (κ3) is 3.41. The average molecular weight is 242 g/mol. The Morgan fingerprint density at radius 2 is 2.06 bits per heavy atom. The number of rotatable bonds is 6. The van der Waals surface area contributed by atoms with Gasteiger partial charge in [-0.25, -0.2) is 0 Å². The van der Waals surface area contributed by atoms with Crippen molar-refractivity contribution in [3.63, 3.8) is 0 Å². The van der Waals surface area contributed by atoms with Crippen molar-refractivity contribution in [2.24, 2.45) is 5.73 Å². The summed E-state index contributed by atoms with van der Waals surface area (Å²) in [5.41, 5.74) is 6.29. The molecule has 0 bridgehead atoms. The molecule has 0 aromatic heterocycles. The Kier molecular flexibility index (Phi) is 5.38. The Morgan fingerprint density at radius 1 is 1.41 bits per heavy atom. The van der Waals surface area contributed by atoms with Crippen molar-refractivity contribution in [2.45, 2.75) is 31.8 Å². The molecule has 4 heteroatoms. The molecule has 0 spiro atoms. The normalized spacial score (nSPS) is 28.2. The quantitative estimate of drug-likeness (QED) is 0.726. The van der Waals surface area contributed by atoms with Gasteiger partial charge in [0, 0.05) is 31.2 Å². The SMILES string of the molecule is CCN(C(C)CN(C)C)C1(CN)CCN(C)C1. The van der Waals surface area contributed by atoms with E-state index < -0.39 is 0 Å². The van der Waals surface area contributed by atoms with Crippen LogP contribution >= 0.6 is 0 Å². The van der Waals surface area contributed by atoms with Crippen LogP contribution in [0.25, 0.3) is 0 Å². The molecule has 0 amide bonds. The lowest BCUT2D eigenvalue weighted by molar-refractivity contribution is 0.0555. The van der Waals surface area contributed by atoms with E-state index in [0.29, 0.717) is 6.04 Å². The molecule has 1 saturated heterocycles. The predicted octanol–water partition coefficient (Wildman–Crippen LogP) is 0.291. The summed E-state index contributed by atoms with van der Waals surface area (Å²) < 4.78 is 0. The van der Waals surface area contributed by atoms with E-state index in [0.717, 1.165) is 26.2 Å². The Bertz CT molecular complexity index is 231. The van der Waals surface area contributed by atoms with Crippen molar-refractivity contribution < 1.29 is 0 Å². The lowest BCUT2D eigenvalue weighted by Gasteiger charge is -2.44. The van der Waals surface area contributed by atoms with Crippen LogP contribution in [0.1, 0.15) is 20.3 Å². The highest BCUT2D eigenvalue weighted by atomic mass is 15.3. The largest absolute Gasteiger partial charge is 0.329 e. The highest BCUT2D eigenvalue weighted by Gasteiger charge is 2.41. The van der Waals surface area contributed by atoms with Gasteiger partial charge < -0.3 is 15.5 Å². The third-order valence-corrected chi connectivity index (χ3v) is 4.01. The van der Waals surface area contributed by atoms with Gasteiger partial charge in [-0.3, -0.25) is 4.90 Å². The van der Waals surface area contributed by atoms with Gasteiger partial charge >= 0.3 is 0 Å². The average Bonchev–Trinajstić information content (AvgIpc) is 2.61. The van der Waals surface area contributed by atoms with E-state index in [9.17, 15) is 0 Å². The van der Waals surface area contributed by atoms with Crippen LogP contribution in [0.3, 0.4) is 0 Å². The summed E-state index contributed by atoms with van der Waals surface area (Å²) in [6.07, 6.45) is 1.20. The molecule has 1 aliphatic rings. The first kappa shape index (κ1) is 14.9. The van der Waals surface area contributed by atoms with E-state index >= 15 is 0 Å². The Morgan fingerprint density at radius 3 is 2.41 bits per heavy atom. The van der Waals surface area contributed by atoms with E-state index in [1.54, 1.807) is 0 Å². The van der Waals surface area contributed by atoms with E-state index in [-0.39, 0.29) is 5.54 Å². The molecule has 17 heavy (non-hydrogen) atoms. The molecule has 2 unspecified atom stereocenters. The number of hydrogen-bond acceptors (Lipinski definition) is 4. The molecule has 0 aliphatic carbocycles. The van der Waals surface area contributed by atoms with Crippen molar-refractivity contribution in [3.8, 4) is 0 Å². The molecule has 2 atom stereocenters. The maximum Gasteiger partial charge on any atom is 0.0473 e. The lowest BCUT2D eigenvalue weighted by atomic mass is 9.94. The summed E-state index contributed by atoms with van der Waals surface area (Å²) in [6.45, 7) is 9.79. The van der Waals surface area contributed by atoms with Gasteiger partial charge in [0.05, 0.1) is 0 Å². The first-order chi connectivity index (χ1) is 7.95. The zero-order valence-corrected chi connectivity index (χ0v) is 12.2. The fourth-order valence-electron chi connectivity index (χ4n) is 3.32. The summed E-state index contributed by atoms with van der Waals surface area (Å²) in [5.74, 6) is 0. The predicted molar refractivity (Wildman–Crippen MR) is 74.3 cm³/mol. The van der Waals surface area contributed by atoms with Crippen molar-refractivity contribution in [2.75, 3.05) is 53.9 Å². The van der Waals surface area contributed by atoms with Crippen LogP contribution in [-0.4, -0.2) is 80.1 Å². The smallest absolute Gasteiger partial charge is 0.0473 e. The second-order valence-corrected chi connectivity index (χ2v) is 5.81. The highest BCUT2D eigenvalue weighted by Crippen LogP contribution is 2.28. The molecule has 0 radical (unpaired) electrons. The van der Waals surface area contributed by atoms with Crippen molar-refractivity contribution in [3.05, 3.63) is 0 Å².